The maximum atomic E-state index is 12.3. The molecule has 0 aliphatic carbocycles. The fraction of sp³-hybridized carbons (Fsp3) is 0.214. The quantitative estimate of drug-likeness (QED) is 0.733. The van der Waals surface area contributed by atoms with Gasteiger partial charge in [0.15, 0.2) is 0 Å². The number of rotatable bonds is 4. The Labute approximate surface area is 122 Å². The van der Waals surface area contributed by atoms with Gasteiger partial charge in [0.1, 0.15) is 11.5 Å². The number of thiophene rings is 1. The van der Waals surface area contributed by atoms with E-state index in [1.165, 1.54) is 0 Å². The highest BCUT2D eigenvalue weighted by Crippen LogP contribution is 2.27. The van der Waals surface area contributed by atoms with Crippen LogP contribution < -0.4 is 0 Å². The van der Waals surface area contributed by atoms with Gasteiger partial charge >= 0.3 is 0 Å². The van der Waals surface area contributed by atoms with Crippen molar-refractivity contribution in [2.75, 3.05) is 0 Å². The van der Waals surface area contributed by atoms with Crippen LogP contribution in [0.15, 0.2) is 43.6 Å². The second kappa shape index (κ2) is 5.38. The molecule has 0 bridgehead atoms. The van der Waals surface area contributed by atoms with Gasteiger partial charge in [-0.05, 0) is 31.4 Å². The average Bonchev–Trinajstić information content (AvgIpc) is 3.11. The minimum atomic E-state index is -1.17. The molecule has 0 N–H and O–H groups in total. The molecule has 0 aliphatic rings. The number of nitrogens with zero attached hydrogens (tertiary/aromatic N) is 1. The summed E-state index contributed by atoms with van der Waals surface area (Å²) in [7, 11) is -1.17. The second-order valence-corrected chi connectivity index (χ2v) is 6.70. The molecule has 0 unspecified atom stereocenters. The number of aryl methyl sites for hydroxylation is 2. The smallest absolute Gasteiger partial charge is 0.236 e. The Morgan fingerprint density at radius 3 is 2.80 bits per heavy atom. The number of furan rings is 1. The predicted octanol–water partition coefficient (Wildman–Crippen LogP) is 3.92. The number of hydrogen-bond acceptors (Lipinski definition) is 5. The van der Waals surface area contributed by atoms with Crippen LogP contribution in [0.25, 0.3) is 10.8 Å². The zero-order chi connectivity index (χ0) is 14.1. The summed E-state index contributed by atoms with van der Waals surface area (Å²) >= 11 is 1.57. The standard InChI is InChI=1S/C14H13NO3S2/c1-9-11(8-20(16)13-5-6-17-10(13)2)15-14(18-9)12-4-3-7-19-12/h3-7H,8H2,1-2H3/t20-/m0/s1. The number of oxazole rings is 1. The van der Waals surface area contributed by atoms with Gasteiger partial charge in [-0.25, -0.2) is 4.98 Å². The van der Waals surface area contributed by atoms with Crippen LogP contribution in [-0.4, -0.2) is 9.19 Å². The van der Waals surface area contributed by atoms with Gasteiger partial charge in [0.25, 0.3) is 0 Å². The van der Waals surface area contributed by atoms with E-state index in [2.05, 4.69) is 4.98 Å². The van der Waals surface area contributed by atoms with Crippen molar-refractivity contribution in [3.63, 3.8) is 0 Å². The Morgan fingerprint density at radius 2 is 2.15 bits per heavy atom. The van der Waals surface area contributed by atoms with E-state index in [0.717, 1.165) is 10.6 Å². The topological polar surface area (TPSA) is 56.2 Å². The fourth-order valence-electron chi connectivity index (χ4n) is 1.88. The molecule has 1 atom stereocenters. The third-order valence-electron chi connectivity index (χ3n) is 2.95. The monoisotopic (exact) mass is 307 g/mol. The van der Waals surface area contributed by atoms with Crippen molar-refractivity contribution >= 4 is 22.1 Å². The van der Waals surface area contributed by atoms with Crippen molar-refractivity contribution in [2.45, 2.75) is 24.5 Å². The summed E-state index contributed by atoms with van der Waals surface area (Å²) in [6.07, 6.45) is 1.55. The Morgan fingerprint density at radius 1 is 1.30 bits per heavy atom. The lowest BCUT2D eigenvalue weighted by Gasteiger charge is -1.98. The van der Waals surface area contributed by atoms with Gasteiger partial charge in [-0.3, -0.25) is 4.21 Å². The Bertz CT molecular complexity index is 740. The highest BCUT2D eigenvalue weighted by Gasteiger charge is 2.17. The highest BCUT2D eigenvalue weighted by molar-refractivity contribution is 7.84. The van der Waals surface area contributed by atoms with E-state index in [1.54, 1.807) is 30.6 Å². The molecule has 0 fully saturated rings. The minimum Gasteiger partial charge on any atom is -0.468 e. The molecule has 104 valence electrons. The molecule has 3 heterocycles. The molecular formula is C14H13NO3S2. The van der Waals surface area contributed by atoms with Gasteiger partial charge < -0.3 is 8.83 Å². The SMILES string of the molecule is Cc1occc1[S@@](=O)Cc1nc(-c2cccs2)oc1C. The maximum absolute atomic E-state index is 12.3. The molecular weight excluding hydrogens is 294 g/mol. The molecule has 0 saturated heterocycles. The molecule has 0 spiro atoms. The van der Waals surface area contributed by atoms with E-state index in [9.17, 15) is 4.21 Å². The molecule has 3 aromatic rings. The maximum Gasteiger partial charge on any atom is 0.236 e. The molecule has 0 amide bonds. The summed E-state index contributed by atoms with van der Waals surface area (Å²) in [6.45, 7) is 3.65. The summed E-state index contributed by atoms with van der Waals surface area (Å²) in [5, 5.41) is 1.97. The van der Waals surface area contributed by atoms with Gasteiger partial charge in [-0.2, -0.15) is 0 Å². The average molecular weight is 307 g/mol. The van der Waals surface area contributed by atoms with Crippen molar-refractivity contribution in [3.8, 4) is 10.8 Å². The molecule has 20 heavy (non-hydrogen) atoms. The van der Waals surface area contributed by atoms with Gasteiger partial charge in [-0.1, -0.05) is 6.07 Å². The zero-order valence-electron chi connectivity index (χ0n) is 11.1. The Balaban J connectivity index is 1.85. The van der Waals surface area contributed by atoms with E-state index >= 15 is 0 Å². The number of aromatic nitrogens is 1. The first kappa shape index (κ1) is 13.3. The Kier molecular flexibility index (Phi) is 3.58. The zero-order valence-corrected chi connectivity index (χ0v) is 12.7. The normalized spacial score (nSPS) is 12.7. The van der Waals surface area contributed by atoms with Crippen LogP contribution in [0.5, 0.6) is 0 Å². The molecule has 4 nitrogen and oxygen atoms in total. The molecule has 0 radical (unpaired) electrons. The lowest BCUT2D eigenvalue weighted by Crippen LogP contribution is -1.98. The van der Waals surface area contributed by atoms with Gasteiger partial charge in [0.2, 0.25) is 5.89 Å². The summed E-state index contributed by atoms with van der Waals surface area (Å²) in [5.41, 5.74) is 0.729. The molecule has 3 rings (SSSR count). The van der Waals surface area contributed by atoms with Crippen molar-refractivity contribution in [1.29, 1.82) is 0 Å². The van der Waals surface area contributed by atoms with E-state index in [0.29, 0.717) is 28.1 Å². The first-order chi connectivity index (χ1) is 9.65. The van der Waals surface area contributed by atoms with Crippen LogP contribution in [0.1, 0.15) is 17.2 Å². The summed E-state index contributed by atoms with van der Waals surface area (Å²) < 4.78 is 23.1. The Hall–Kier alpha value is -1.66. The molecule has 6 heteroatoms. The van der Waals surface area contributed by atoms with Gasteiger partial charge in [0.05, 0.1) is 38.3 Å². The largest absolute Gasteiger partial charge is 0.468 e. The van der Waals surface area contributed by atoms with Crippen LogP contribution in [0, 0.1) is 13.8 Å². The van der Waals surface area contributed by atoms with Crippen LogP contribution in [-0.2, 0) is 16.6 Å². The van der Waals surface area contributed by atoms with Crippen LogP contribution in [0.2, 0.25) is 0 Å². The minimum absolute atomic E-state index is 0.334. The number of hydrogen-bond donors (Lipinski definition) is 0. The van der Waals surface area contributed by atoms with E-state index in [4.69, 9.17) is 8.83 Å². The molecule has 0 aromatic carbocycles. The van der Waals surface area contributed by atoms with Gasteiger partial charge in [-0.15, -0.1) is 11.3 Å². The summed E-state index contributed by atoms with van der Waals surface area (Å²) in [4.78, 5) is 6.14. The fourth-order valence-corrected chi connectivity index (χ4v) is 3.78. The molecule has 0 aliphatic heterocycles. The molecule has 3 aromatic heterocycles. The lowest BCUT2D eigenvalue weighted by atomic mass is 10.4. The van der Waals surface area contributed by atoms with Gasteiger partial charge in [0, 0.05) is 0 Å². The second-order valence-electron chi connectivity index (χ2n) is 4.33. The summed E-state index contributed by atoms with van der Waals surface area (Å²) in [6, 6.07) is 5.64. The van der Waals surface area contributed by atoms with E-state index in [-0.39, 0.29) is 0 Å². The first-order valence-electron chi connectivity index (χ1n) is 6.08. The lowest BCUT2D eigenvalue weighted by molar-refractivity contribution is 0.525. The van der Waals surface area contributed by atoms with Crippen LogP contribution in [0.4, 0.5) is 0 Å². The van der Waals surface area contributed by atoms with Crippen LogP contribution >= 0.6 is 11.3 Å². The summed E-state index contributed by atoms with van der Waals surface area (Å²) in [5.74, 6) is 2.32. The van der Waals surface area contributed by atoms with Crippen molar-refractivity contribution in [1.82, 2.24) is 4.98 Å². The third-order valence-corrected chi connectivity index (χ3v) is 5.26. The van der Waals surface area contributed by atoms with E-state index < -0.39 is 10.8 Å². The first-order valence-corrected chi connectivity index (χ1v) is 8.27. The third kappa shape index (κ3) is 2.48. The molecule has 0 saturated carbocycles. The van der Waals surface area contributed by atoms with Crippen molar-refractivity contribution < 1.29 is 13.0 Å². The predicted molar refractivity (Wildman–Crippen MR) is 78.1 cm³/mol. The van der Waals surface area contributed by atoms with Crippen molar-refractivity contribution in [2.24, 2.45) is 0 Å². The highest BCUT2D eigenvalue weighted by atomic mass is 32.2. The van der Waals surface area contributed by atoms with Crippen LogP contribution in [0.3, 0.4) is 0 Å². The van der Waals surface area contributed by atoms with E-state index in [1.807, 2.05) is 24.4 Å². The van der Waals surface area contributed by atoms with Crippen molar-refractivity contribution in [3.05, 3.63) is 47.1 Å².